The molecule has 72 valence electrons. The first-order valence-electron chi connectivity index (χ1n) is 4.47. The minimum Gasteiger partial charge on any atom is -0.479 e. The van der Waals surface area contributed by atoms with E-state index in [0.717, 1.165) is 16.8 Å². The molecule has 1 heterocycles. The number of ether oxygens (including phenoxy) is 1. The van der Waals surface area contributed by atoms with Crippen LogP contribution in [0.5, 0.6) is 5.88 Å². The highest BCUT2D eigenvalue weighted by Gasteiger charge is 2.11. The maximum atomic E-state index is 5.18. The van der Waals surface area contributed by atoms with Crippen molar-refractivity contribution in [1.29, 1.82) is 0 Å². The van der Waals surface area contributed by atoms with Gasteiger partial charge in [0.25, 0.3) is 0 Å². The third-order valence-electron chi connectivity index (χ3n) is 2.17. The molecule has 2 aromatic rings. The summed E-state index contributed by atoms with van der Waals surface area (Å²) in [5.41, 5.74) is 3.18. The van der Waals surface area contributed by atoms with Gasteiger partial charge in [0.15, 0.2) is 0 Å². The highest BCUT2D eigenvalue weighted by Crippen LogP contribution is 2.30. The predicted octanol–water partition coefficient (Wildman–Crippen LogP) is 2.39. The van der Waals surface area contributed by atoms with Crippen molar-refractivity contribution in [3.8, 4) is 17.0 Å². The second-order valence-corrected chi connectivity index (χ2v) is 3.10. The first kappa shape index (κ1) is 8.81. The van der Waals surface area contributed by atoms with Gasteiger partial charge in [-0.05, 0) is 12.5 Å². The molecule has 3 nitrogen and oxygen atoms in total. The normalized spacial score (nSPS) is 10.1. The highest BCUT2D eigenvalue weighted by molar-refractivity contribution is 5.70. The van der Waals surface area contributed by atoms with E-state index in [4.69, 9.17) is 4.74 Å². The molecule has 0 atom stereocenters. The van der Waals surface area contributed by atoms with Crippen LogP contribution in [0.15, 0.2) is 30.3 Å². The summed E-state index contributed by atoms with van der Waals surface area (Å²) >= 11 is 0. The fourth-order valence-corrected chi connectivity index (χ4v) is 1.50. The Hall–Kier alpha value is -1.77. The van der Waals surface area contributed by atoms with Gasteiger partial charge in [-0.3, -0.25) is 5.10 Å². The Kier molecular flexibility index (Phi) is 2.23. The SMILES string of the molecule is COc1n[nH]c(C)c1-c1ccccc1. The van der Waals surface area contributed by atoms with Crippen LogP contribution < -0.4 is 4.74 Å². The van der Waals surface area contributed by atoms with Crippen LogP contribution in [0.25, 0.3) is 11.1 Å². The van der Waals surface area contributed by atoms with Crippen molar-refractivity contribution in [3.63, 3.8) is 0 Å². The summed E-state index contributed by atoms with van der Waals surface area (Å²) in [6.45, 7) is 1.98. The van der Waals surface area contributed by atoms with Crippen molar-refractivity contribution in [1.82, 2.24) is 10.2 Å². The molecule has 3 heteroatoms. The molecule has 1 aromatic carbocycles. The molecule has 0 aliphatic rings. The average Bonchev–Trinajstić information content (AvgIpc) is 2.61. The Morgan fingerprint density at radius 2 is 1.93 bits per heavy atom. The molecule has 0 saturated carbocycles. The number of hydrogen-bond donors (Lipinski definition) is 1. The number of aromatic amines is 1. The molecule has 0 amide bonds. The summed E-state index contributed by atoms with van der Waals surface area (Å²) in [6, 6.07) is 10.1. The van der Waals surface area contributed by atoms with Gasteiger partial charge >= 0.3 is 0 Å². The van der Waals surface area contributed by atoms with E-state index in [9.17, 15) is 0 Å². The smallest absolute Gasteiger partial charge is 0.240 e. The zero-order chi connectivity index (χ0) is 9.97. The standard InChI is InChI=1S/C11H12N2O/c1-8-10(11(14-2)13-12-8)9-6-4-3-5-7-9/h3-7H,1-2H3,(H,12,13). The number of benzene rings is 1. The molecule has 0 unspecified atom stereocenters. The summed E-state index contributed by atoms with van der Waals surface area (Å²) in [7, 11) is 1.63. The summed E-state index contributed by atoms with van der Waals surface area (Å²) in [4.78, 5) is 0. The lowest BCUT2D eigenvalue weighted by Crippen LogP contribution is -1.85. The Balaban J connectivity index is 2.55. The van der Waals surface area contributed by atoms with Crippen LogP contribution in [0.4, 0.5) is 0 Å². The van der Waals surface area contributed by atoms with Crippen molar-refractivity contribution < 1.29 is 4.74 Å². The van der Waals surface area contributed by atoms with Gasteiger partial charge in [0.2, 0.25) is 5.88 Å². The zero-order valence-corrected chi connectivity index (χ0v) is 8.24. The average molecular weight is 188 g/mol. The third-order valence-corrected chi connectivity index (χ3v) is 2.17. The molecular formula is C11H12N2O. The number of methoxy groups -OCH3 is 1. The lowest BCUT2D eigenvalue weighted by Gasteiger charge is -2.01. The highest BCUT2D eigenvalue weighted by atomic mass is 16.5. The van der Waals surface area contributed by atoms with Gasteiger partial charge in [-0.15, -0.1) is 5.10 Å². The van der Waals surface area contributed by atoms with Gasteiger partial charge in [-0.2, -0.15) is 0 Å². The molecule has 0 radical (unpaired) electrons. The van der Waals surface area contributed by atoms with Crippen LogP contribution >= 0.6 is 0 Å². The Morgan fingerprint density at radius 1 is 1.21 bits per heavy atom. The van der Waals surface area contributed by atoms with E-state index < -0.39 is 0 Å². The predicted molar refractivity (Wildman–Crippen MR) is 55.3 cm³/mol. The minimum absolute atomic E-state index is 0.647. The Labute approximate surface area is 82.7 Å². The van der Waals surface area contributed by atoms with E-state index in [0.29, 0.717) is 5.88 Å². The monoisotopic (exact) mass is 188 g/mol. The quantitative estimate of drug-likeness (QED) is 0.785. The van der Waals surface area contributed by atoms with E-state index in [1.807, 2.05) is 37.3 Å². The van der Waals surface area contributed by atoms with Gasteiger partial charge in [0.1, 0.15) is 0 Å². The van der Waals surface area contributed by atoms with Crippen molar-refractivity contribution in [2.45, 2.75) is 6.92 Å². The van der Waals surface area contributed by atoms with E-state index in [-0.39, 0.29) is 0 Å². The second kappa shape index (κ2) is 3.54. The van der Waals surface area contributed by atoms with Gasteiger partial charge in [-0.25, -0.2) is 0 Å². The van der Waals surface area contributed by atoms with Crippen molar-refractivity contribution in [3.05, 3.63) is 36.0 Å². The maximum Gasteiger partial charge on any atom is 0.240 e. The number of aromatic nitrogens is 2. The number of rotatable bonds is 2. The van der Waals surface area contributed by atoms with Crippen LogP contribution in [0.3, 0.4) is 0 Å². The van der Waals surface area contributed by atoms with E-state index in [1.54, 1.807) is 7.11 Å². The molecule has 0 aliphatic heterocycles. The van der Waals surface area contributed by atoms with Crippen LogP contribution in [0.1, 0.15) is 5.69 Å². The van der Waals surface area contributed by atoms with Crippen molar-refractivity contribution >= 4 is 0 Å². The Morgan fingerprint density at radius 3 is 2.57 bits per heavy atom. The van der Waals surface area contributed by atoms with E-state index >= 15 is 0 Å². The summed E-state index contributed by atoms with van der Waals surface area (Å²) in [5.74, 6) is 0.647. The van der Waals surface area contributed by atoms with E-state index in [1.165, 1.54) is 0 Å². The van der Waals surface area contributed by atoms with Gasteiger partial charge < -0.3 is 4.74 Å². The maximum absolute atomic E-state index is 5.18. The second-order valence-electron chi connectivity index (χ2n) is 3.10. The third kappa shape index (κ3) is 1.37. The first-order chi connectivity index (χ1) is 6.83. The lowest BCUT2D eigenvalue weighted by atomic mass is 10.1. The largest absolute Gasteiger partial charge is 0.479 e. The number of H-pyrrole nitrogens is 1. The summed E-state index contributed by atoms with van der Waals surface area (Å²) in [6.07, 6.45) is 0. The van der Waals surface area contributed by atoms with Crippen LogP contribution in [-0.2, 0) is 0 Å². The van der Waals surface area contributed by atoms with Gasteiger partial charge in [0.05, 0.1) is 12.7 Å². The van der Waals surface area contributed by atoms with E-state index in [2.05, 4.69) is 10.2 Å². The fourth-order valence-electron chi connectivity index (χ4n) is 1.50. The topological polar surface area (TPSA) is 37.9 Å². The molecule has 0 bridgehead atoms. The van der Waals surface area contributed by atoms with Crippen LogP contribution in [-0.4, -0.2) is 17.3 Å². The van der Waals surface area contributed by atoms with Crippen molar-refractivity contribution in [2.75, 3.05) is 7.11 Å². The fraction of sp³-hybridized carbons (Fsp3) is 0.182. The molecule has 0 saturated heterocycles. The minimum atomic E-state index is 0.647. The molecular weight excluding hydrogens is 176 g/mol. The zero-order valence-electron chi connectivity index (χ0n) is 8.24. The number of hydrogen-bond acceptors (Lipinski definition) is 2. The molecule has 0 fully saturated rings. The molecule has 1 aromatic heterocycles. The number of nitrogens with one attached hydrogen (secondary N) is 1. The first-order valence-corrected chi connectivity index (χ1v) is 4.47. The van der Waals surface area contributed by atoms with Crippen LogP contribution in [0.2, 0.25) is 0 Å². The molecule has 1 N–H and O–H groups in total. The lowest BCUT2D eigenvalue weighted by molar-refractivity contribution is 0.398. The molecule has 0 aliphatic carbocycles. The summed E-state index contributed by atoms with van der Waals surface area (Å²) < 4.78 is 5.18. The van der Waals surface area contributed by atoms with Gasteiger partial charge in [-0.1, -0.05) is 30.3 Å². The number of nitrogens with zero attached hydrogens (tertiary/aromatic N) is 1. The van der Waals surface area contributed by atoms with Gasteiger partial charge in [0, 0.05) is 5.69 Å². The molecule has 0 spiro atoms. The summed E-state index contributed by atoms with van der Waals surface area (Å²) in [5, 5.41) is 6.98. The number of aryl methyl sites for hydroxylation is 1. The molecule has 2 rings (SSSR count). The van der Waals surface area contributed by atoms with Crippen molar-refractivity contribution in [2.24, 2.45) is 0 Å². The van der Waals surface area contributed by atoms with Crippen LogP contribution in [0, 0.1) is 6.92 Å². The molecule has 14 heavy (non-hydrogen) atoms. The Bertz CT molecular complexity index is 420.